The summed E-state index contributed by atoms with van der Waals surface area (Å²) in [5.41, 5.74) is 0.173. The average molecular weight is 334 g/mol. The summed E-state index contributed by atoms with van der Waals surface area (Å²) >= 11 is 3.12. The van der Waals surface area contributed by atoms with Crippen molar-refractivity contribution in [3.8, 4) is 0 Å². The molecule has 0 saturated heterocycles. The van der Waals surface area contributed by atoms with Crippen LogP contribution in [0.4, 0.5) is 8.78 Å². The van der Waals surface area contributed by atoms with Crippen LogP contribution in [0, 0.1) is 17.6 Å². The highest BCUT2D eigenvalue weighted by molar-refractivity contribution is 9.10. The van der Waals surface area contributed by atoms with Crippen molar-refractivity contribution in [3.63, 3.8) is 0 Å². The predicted molar refractivity (Wildman–Crippen MR) is 79.3 cm³/mol. The van der Waals surface area contributed by atoms with Crippen LogP contribution in [0.5, 0.6) is 0 Å². The minimum Gasteiger partial charge on any atom is -0.314 e. The molecule has 0 aliphatic rings. The van der Waals surface area contributed by atoms with Gasteiger partial charge in [0.2, 0.25) is 0 Å². The highest BCUT2D eigenvalue weighted by Gasteiger charge is 2.22. The Bertz CT molecular complexity index is 405. The summed E-state index contributed by atoms with van der Waals surface area (Å²) in [6.07, 6.45) is 2.40. The molecule has 1 aromatic carbocycles. The molecule has 19 heavy (non-hydrogen) atoms. The van der Waals surface area contributed by atoms with Crippen LogP contribution in [0.1, 0.15) is 39.2 Å². The molecule has 0 aliphatic carbocycles. The molecule has 4 heteroatoms. The van der Waals surface area contributed by atoms with Gasteiger partial charge in [-0.3, -0.25) is 0 Å². The second-order valence-corrected chi connectivity index (χ2v) is 5.62. The summed E-state index contributed by atoms with van der Waals surface area (Å²) in [4.78, 5) is 0. The van der Waals surface area contributed by atoms with Crippen molar-refractivity contribution in [2.24, 2.45) is 5.92 Å². The molecule has 0 bridgehead atoms. The SMILES string of the molecule is CCNC(Cc1c(F)ccc(Br)c1F)C(CC)CC. The van der Waals surface area contributed by atoms with E-state index in [4.69, 9.17) is 0 Å². The molecule has 1 rings (SSSR count). The first kappa shape index (κ1) is 16.6. The second-order valence-electron chi connectivity index (χ2n) is 4.77. The molecule has 108 valence electrons. The molecular weight excluding hydrogens is 312 g/mol. The fraction of sp³-hybridized carbons (Fsp3) is 0.600. The molecule has 0 radical (unpaired) electrons. The van der Waals surface area contributed by atoms with E-state index in [1.165, 1.54) is 12.1 Å². The number of hydrogen-bond donors (Lipinski definition) is 1. The topological polar surface area (TPSA) is 12.0 Å². The van der Waals surface area contributed by atoms with Gasteiger partial charge in [0.1, 0.15) is 11.6 Å². The van der Waals surface area contributed by atoms with Gasteiger partial charge in [-0.05, 0) is 46.9 Å². The van der Waals surface area contributed by atoms with E-state index in [1.807, 2.05) is 6.92 Å². The molecule has 0 amide bonds. The van der Waals surface area contributed by atoms with E-state index in [-0.39, 0.29) is 11.6 Å². The van der Waals surface area contributed by atoms with Crippen LogP contribution >= 0.6 is 15.9 Å². The summed E-state index contributed by atoms with van der Waals surface area (Å²) in [6.45, 7) is 7.06. The van der Waals surface area contributed by atoms with Crippen LogP contribution in [0.3, 0.4) is 0 Å². The fourth-order valence-corrected chi connectivity index (χ4v) is 2.87. The monoisotopic (exact) mass is 333 g/mol. The quantitative estimate of drug-likeness (QED) is 0.714. The van der Waals surface area contributed by atoms with Gasteiger partial charge in [0.05, 0.1) is 4.47 Å². The predicted octanol–water partition coefficient (Wildman–Crippen LogP) is 4.68. The Morgan fingerprint density at radius 1 is 1.16 bits per heavy atom. The molecule has 0 aromatic heterocycles. The van der Waals surface area contributed by atoms with Gasteiger partial charge < -0.3 is 5.32 Å². The van der Waals surface area contributed by atoms with E-state index in [2.05, 4.69) is 35.1 Å². The molecule has 0 spiro atoms. The Kier molecular flexibility index (Phi) is 6.94. The lowest BCUT2D eigenvalue weighted by atomic mass is 9.89. The normalized spacial score (nSPS) is 13.0. The number of nitrogens with one attached hydrogen (secondary N) is 1. The maximum Gasteiger partial charge on any atom is 0.143 e. The average Bonchev–Trinajstić information content (AvgIpc) is 2.40. The maximum absolute atomic E-state index is 14.0. The lowest BCUT2D eigenvalue weighted by Gasteiger charge is -2.26. The third-order valence-electron chi connectivity index (χ3n) is 3.65. The van der Waals surface area contributed by atoms with Crippen LogP contribution in [0.25, 0.3) is 0 Å². The van der Waals surface area contributed by atoms with Gasteiger partial charge >= 0.3 is 0 Å². The maximum atomic E-state index is 14.0. The van der Waals surface area contributed by atoms with Crippen LogP contribution in [0.2, 0.25) is 0 Å². The molecule has 1 aromatic rings. The molecule has 1 atom stereocenters. The summed E-state index contributed by atoms with van der Waals surface area (Å²) in [7, 11) is 0. The second kappa shape index (κ2) is 7.95. The molecule has 0 heterocycles. The van der Waals surface area contributed by atoms with E-state index in [0.29, 0.717) is 16.8 Å². The van der Waals surface area contributed by atoms with Crippen molar-refractivity contribution in [3.05, 3.63) is 33.8 Å². The molecule has 1 nitrogen and oxygen atoms in total. The van der Waals surface area contributed by atoms with Gasteiger partial charge in [0.15, 0.2) is 0 Å². The first-order chi connectivity index (χ1) is 9.04. The van der Waals surface area contributed by atoms with Crippen molar-refractivity contribution in [1.29, 1.82) is 0 Å². The van der Waals surface area contributed by atoms with Crippen LogP contribution in [-0.2, 0) is 6.42 Å². The minimum atomic E-state index is -0.478. The number of likely N-dealkylation sites (N-methyl/N-ethyl adjacent to an activating group) is 1. The Labute approximate surface area is 122 Å². The molecule has 1 unspecified atom stereocenters. The van der Waals surface area contributed by atoms with Gasteiger partial charge in [-0.25, -0.2) is 8.78 Å². The van der Waals surface area contributed by atoms with E-state index < -0.39 is 11.6 Å². The van der Waals surface area contributed by atoms with E-state index in [9.17, 15) is 8.78 Å². The van der Waals surface area contributed by atoms with Gasteiger partial charge in [-0.1, -0.05) is 33.6 Å². The van der Waals surface area contributed by atoms with Crippen molar-refractivity contribution < 1.29 is 8.78 Å². The number of rotatable bonds is 7. The van der Waals surface area contributed by atoms with E-state index in [1.54, 1.807) is 0 Å². The molecular formula is C15H22BrF2N. The van der Waals surface area contributed by atoms with Gasteiger partial charge in [0, 0.05) is 11.6 Å². The van der Waals surface area contributed by atoms with Crippen molar-refractivity contribution in [1.82, 2.24) is 5.32 Å². The molecule has 1 N–H and O–H groups in total. The van der Waals surface area contributed by atoms with E-state index >= 15 is 0 Å². The van der Waals surface area contributed by atoms with Crippen LogP contribution < -0.4 is 5.32 Å². The number of benzene rings is 1. The van der Waals surface area contributed by atoms with Crippen LogP contribution in [-0.4, -0.2) is 12.6 Å². The van der Waals surface area contributed by atoms with Crippen LogP contribution in [0.15, 0.2) is 16.6 Å². The molecule has 0 saturated carbocycles. The Hall–Kier alpha value is -0.480. The molecule has 0 fully saturated rings. The standard InChI is InChI=1S/C15H22BrF2N/c1-4-10(5-2)14(19-6-3)9-11-13(17)8-7-12(16)15(11)18/h7-8,10,14,19H,4-6,9H2,1-3H3. The summed E-state index contributed by atoms with van der Waals surface area (Å²) in [6, 6.07) is 2.84. The highest BCUT2D eigenvalue weighted by Crippen LogP contribution is 2.25. The zero-order valence-corrected chi connectivity index (χ0v) is 13.4. The van der Waals surface area contributed by atoms with Gasteiger partial charge in [-0.2, -0.15) is 0 Å². The lowest BCUT2D eigenvalue weighted by molar-refractivity contribution is 0.330. The summed E-state index contributed by atoms with van der Waals surface area (Å²) < 4.78 is 28.2. The Morgan fingerprint density at radius 2 is 1.79 bits per heavy atom. The third-order valence-corrected chi connectivity index (χ3v) is 4.26. The highest BCUT2D eigenvalue weighted by atomic mass is 79.9. The third kappa shape index (κ3) is 4.25. The van der Waals surface area contributed by atoms with Gasteiger partial charge in [0.25, 0.3) is 0 Å². The summed E-state index contributed by atoms with van der Waals surface area (Å²) in [5.74, 6) is -0.513. The first-order valence-electron chi connectivity index (χ1n) is 6.90. The first-order valence-corrected chi connectivity index (χ1v) is 7.70. The molecule has 0 aliphatic heterocycles. The fourth-order valence-electron chi connectivity index (χ4n) is 2.50. The Balaban J connectivity index is 2.99. The van der Waals surface area contributed by atoms with Crippen molar-refractivity contribution in [2.75, 3.05) is 6.54 Å². The smallest absolute Gasteiger partial charge is 0.143 e. The van der Waals surface area contributed by atoms with Gasteiger partial charge in [-0.15, -0.1) is 0 Å². The largest absolute Gasteiger partial charge is 0.314 e. The zero-order valence-electron chi connectivity index (χ0n) is 11.8. The summed E-state index contributed by atoms with van der Waals surface area (Å²) in [5, 5.41) is 3.36. The number of hydrogen-bond acceptors (Lipinski definition) is 1. The Morgan fingerprint density at radius 3 is 2.32 bits per heavy atom. The number of halogens is 3. The lowest BCUT2D eigenvalue weighted by Crippen LogP contribution is -2.38. The zero-order chi connectivity index (χ0) is 14.4. The van der Waals surface area contributed by atoms with Crippen molar-refractivity contribution >= 4 is 15.9 Å². The van der Waals surface area contributed by atoms with E-state index in [0.717, 1.165) is 19.4 Å². The van der Waals surface area contributed by atoms with Crippen molar-refractivity contribution in [2.45, 2.75) is 46.1 Å². The minimum absolute atomic E-state index is 0.110.